The zero-order chi connectivity index (χ0) is 14.7. The van der Waals surface area contributed by atoms with Crippen LogP contribution in [0.1, 0.15) is 36.0 Å². The molecule has 0 spiro atoms. The van der Waals surface area contributed by atoms with E-state index < -0.39 is 0 Å². The van der Waals surface area contributed by atoms with Crippen molar-refractivity contribution in [3.05, 3.63) is 52.0 Å². The predicted octanol–water partition coefficient (Wildman–Crippen LogP) is 4.13. The standard InChI is InChI=1S/C16H18BrN3S/c1-18-14-6-3-7-15-13(14)9-19-16(20-15)10-21-12-5-2-4-11(17)8-12/h2,4-5,8-9,14,18H,3,6-7,10H2,1H3. The van der Waals surface area contributed by atoms with Gasteiger partial charge in [0.25, 0.3) is 0 Å². The van der Waals surface area contributed by atoms with Crippen molar-refractivity contribution in [2.75, 3.05) is 7.05 Å². The van der Waals surface area contributed by atoms with Crippen molar-refractivity contribution in [1.29, 1.82) is 0 Å². The van der Waals surface area contributed by atoms with Crippen LogP contribution < -0.4 is 5.32 Å². The second-order valence-corrected chi connectivity index (χ2v) is 7.13. The van der Waals surface area contributed by atoms with Gasteiger partial charge in [-0.05, 0) is 44.5 Å². The minimum Gasteiger partial charge on any atom is -0.313 e. The molecule has 5 heteroatoms. The van der Waals surface area contributed by atoms with Crippen LogP contribution in [-0.4, -0.2) is 17.0 Å². The molecule has 3 rings (SSSR count). The Morgan fingerprint density at radius 1 is 1.43 bits per heavy atom. The summed E-state index contributed by atoms with van der Waals surface area (Å²) in [5.74, 6) is 1.74. The molecule has 0 fully saturated rings. The molecule has 1 heterocycles. The highest BCUT2D eigenvalue weighted by molar-refractivity contribution is 9.10. The Hall–Kier alpha value is -0.910. The SMILES string of the molecule is CNC1CCCc2nc(CSc3cccc(Br)c3)ncc21. The summed E-state index contributed by atoms with van der Waals surface area (Å²) in [7, 11) is 2.01. The molecule has 3 nitrogen and oxygen atoms in total. The molecular weight excluding hydrogens is 346 g/mol. The van der Waals surface area contributed by atoms with Crippen LogP contribution in [0.2, 0.25) is 0 Å². The van der Waals surface area contributed by atoms with E-state index in [1.165, 1.54) is 29.0 Å². The van der Waals surface area contributed by atoms with Crippen LogP contribution in [0.3, 0.4) is 0 Å². The number of benzene rings is 1. The van der Waals surface area contributed by atoms with Gasteiger partial charge in [0.15, 0.2) is 0 Å². The van der Waals surface area contributed by atoms with Gasteiger partial charge in [-0.1, -0.05) is 22.0 Å². The van der Waals surface area contributed by atoms with Crippen LogP contribution in [0.25, 0.3) is 0 Å². The molecule has 110 valence electrons. The fourth-order valence-corrected chi connectivity index (χ4v) is 4.03. The van der Waals surface area contributed by atoms with E-state index in [-0.39, 0.29) is 0 Å². The normalized spacial score (nSPS) is 17.5. The molecule has 0 saturated heterocycles. The van der Waals surface area contributed by atoms with Gasteiger partial charge in [-0.2, -0.15) is 0 Å². The Bertz CT molecular complexity index is 633. The van der Waals surface area contributed by atoms with Gasteiger partial charge in [-0.3, -0.25) is 0 Å². The Morgan fingerprint density at radius 3 is 3.14 bits per heavy atom. The molecule has 0 bridgehead atoms. The van der Waals surface area contributed by atoms with E-state index >= 15 is 0 Å². The largest absolute Gasteiger partial charge is 0.313 e. The summed E-state index contributed by atoms with van der Waals surface area (Å²) in [5.41, 5.74) is 2.50. The third-order valence-electron chi connectivity index (χ3n) is 3.74. The number of thioether (sulfide) groups is 1. The Kier molecular flexibility index (Phi) is 4.93. The van der Waals surface area contributed by atoms with Crippen LogP contribution in [0, 0.1) is 0 Å². The summed E-state index contributed by atoms with van der Waals surface area (Å²) in [6, 6.07) is 8.75. The van der Waals surface area contributed by atoms with Crippen molar-refractivity contribution < 1.29 is 0 Å². The van der Waals surface area contributed by atoms with Gasteiger partial charge in [0.1, 0.15) is 5.82 Å². The Labute approximate surface area is 138 Å². The van der Waals surface area contributed by atoms with Crippen molar-refractivity contribution in [3.63, 3.8) is 0 Å². The smallest absolute Gasteiger partial charge is 0.138 e. The third kappa shape index (κ3) is 3.65. The molecular formula is C16H18BrN3S. The summed E-state index contributed by atoms with van der Waals surface area (Å²) in [6.07, 6.45) is 5.47. The number of halogens is 1. The first kappa shape index (κ1) is 15.0. The second-order valence-electron chi connectivity index (χ2n) is 5.17. The fraction of sp³-hybridized carbons (Fsp3) is 0.375. The summed E-state index contributed by atoms with van der Waals surface area (Å²) >= 11 is 5.27. The average molecular weight is 364 g/mol. The first-order chi connectivity index (χ1) is 10.3. The lowest BCUT2D eigenvalue weighted by molar-refractivity contribution is 0.486. The van der Waals surface area contributed by atoms with E-state index in [1.54, 1.807) is 11.8 Å². The number of nitrogens with one attached hydrogen (secondary N) is 1. The first-order valence-corrected chi connectivity index (χ1v) is 8.94. The number of nitrogens with zero attached hydrogens (tertiary/aromatic N) is 2. The molecule has 1 aromatic heterocycles. The van der Waals surface area contributed by atoms with Gasteiger partial charge in [0, 0.05) is 32.9 Å². The zero-order valence-corrected chi connectivity index (χ0v) is 14.4. The van der Waals surface area contributed by atoms with E-state index in [9.17, 15) is 0 Å². The number of aryl methyl sites for hydroxylation is 1. The maximum Gasteiger partial charge on any atom is 0.138 e. The molecule has 1 aromatic carbocycles. The van der Waals surface area contributed by atoms with E-state index in [2.05, 4.69) is 44.4 Å². The van der Waals surface area contributed by atoms with Crippen molar-refractivity contribution in [2.45, 2.75) is 36.0 Å². The molecule has 0 saturated carbocycles. The molecule has 1 aliphatic rings. The summed E-state index contributed by atoms with van der Waals surface area (Å²) in [5, 5.41) is 3.35. The second kappa shape index (κ2) is 6.90. The lowest BCUT2D eigenvalue weighted by atomic mass is 9.92. The summed E-state index contributed by atoms with van der Waals surface area (Å²) in [6.45, 7) is 0. The topological polar surface area (TPSA) is 37.8 Å². The number of hydrogen-bond donors (Lipinski definition) is 1. The van der Waals surface area contributed by atoms with Crippen LogP contribution in [-0.2, 0) is 12.2 Å². The maximum absolute atomic E-state index is 4.77. The third-order valence-corrected chi connectivity index (χ3v) is 5.23. The van der Waals surface area contributed by atoms with Crippen molar-refractivity contribution in [1.82, 2.24) is 15.3 Å². The van der Waals surface area contributed by atoms with Crippen LogP contribution in [0.5, 0.6) is 0 Å². The number of fused-ring (bicyclic) bond motifs is 1. The van der Waals surface area contributed by atoms with Gasteiger partial charge in [0.2, 0.25) is 0 Å². The minimum absolute atomic E-state index is 0.417. The van der Waals surface area contributed by atoms with Crippen LogP contribution in [0.4, 0.5) is 0 Å². The molecule has 1 N–H and O–H groups in total. The molecule has 0 amide bonds. The van der Waals surface area contributed by atoms with E-state index in [0.29, 0.717) is 6.04 Å². The van der Waals surface area contributed by atoms with E-state index in [4.69, 9.17) is 4.98 Å². The molecule has 1 aliphatic carbocycles. The van der Waals surface area contributed by atoms with Crippen LogP contribution in [0.15, 0.2) is 39.8 Å². The minimum atomic E-state index is 0.417. The van der Waals surface area contributed by atoms with E-state index in [0.717, 1.165) is 22.5 Å². The fourth-order valence-electron chi connectivity index (χ4n) is 2.66. The zero-order valence-electron chi connectivity index (χ0n) is 12.0. The highest BCUT2D eigenvalue weighted by Crippen LogP contribution is 2.29. The highest BCUT2D eigenvalue weighted by Gasteiger charge is 2.20. The van der Waals surface area contributed by atoms with Gasteiger partial charge in [-0.25, -0.2) is 9.97 Å². The number of hydrogen-bond acceptors (Lipinski definition) is 4. The molecule has 0 aliphatic heterocycles. The maximum atomic E-state index is 4.77. The first-order valence-electron chi connectivity index (χ1n) is 7.16. The van der Waals surface area contributed by atoms with Crippen molar-refractivity contribution in [3.8, 4) is 0 Å². The summed E-state index contributed by atoms with van der Waals surface area (Å²) in [4.78, 5) is 10.5. The van der Waals surface area contributed by atoms with Crippen molar-refractivity contribution in [2.24, 2.45) is 0 Å². The average Bonchev–Trinajstić information content (AvgIpc) is 2.52. The van der Waals surface area contributed by atoms with Gasteiger partial charge in [0.05, 0.1) is 5.75 Å². The lowest BCUT2D eigenvalue weighted by Crippen LogP contribution is -2.23. The molecule has 2 aromatic rings. The number of aromatic nitrogens is 2. The van der Waals surface area contributed by atoms with Gasteiger partial charge < -0.3 is 5.32 Å². The Balaban J connectivity index is 1.72. The monoisotopic (exact) mass is 363 g/mol. The van der Waals surface area contributed by atoms with E-state index in [1.807, 2.05) is 19.3 Å². The molecule has 1 unspecified atom stereocenters. The Morgan fingerprint density at radius 2 is 2.33 bits per heavy atom. The van der Waals surface area contributed by atoms with Crippen LogP contribution >= 0.6 is 27.7 Å². The lowest BCUT2D eigenvalue weighted by Gasteiger charge is -2.24. The molecule has 1 atom stereocenters. The predicted molar refractivity (Wildman–Crippen MR) is 90.5 cm³/mol. The van der Waals surface area contributed by atoms with Gasteiger partial charge >= 0.3 is 0 Å². The highest BCUT2D eigenvalue weighted by atomic mass is 79.9. The van der Waals surface area contributed by atoms with Crippen molar-refractivity contribution >= 4 is 27.7 Å². The molecule has 0 radical (unpaired) electrons. The van der Waals surface area contributed by atoms with Gasteiger partial charge in [-0.15, -0.1) is 11.8 Å². The number of rotatable bonds is 4. The summed E-state index contributed by atoms with van der Waals surface area (Å²) < 4.78 is 1.11. The molecule has 21 heavy (non-hydrogen) atoms. The quantitative estimate of drug-likeness (QED) is 0.828.